The lowest BCUT2D eigenvalue weighted by Crippen LogP contribution is -2.12. The Morgan fingerprint density at radius 2 is 2.00 bits per heavy atom. The Kier molecular flexibility index (Phi) is 4.20. The summed E-state index contributed by atoms with van der Waals surface area (Å²) < 4.78 is 26.0. The van der Waals surface area contributed by atoms with Crippen LogP contribution in [0.4, 0.5) is 14.6 Å². The minimum Gasteiger partial charge on any atom is -0.367 e. The first kappa shape index (κ1) is 13.9. The third-order valence-electron chi connectivity index (χ3n) is 2.89. The fourth-order valence-corrected chi connectivity index (χ4v) is 1.74. The van der Waals surface area contributed by atoms with Gasteiger partial charge in [0.25, 0.3) is 0 Å². The molecule has 1 aromatic carbocycles. The number of hydrogen-bond donors (Lipinski definition) is 1. The molecule has 0 bridgehead atoms. The Hall–Kier alpha value is -2.55. The van der Waals surface area contributed by atoms with Crippen molar-refractivity contribution < 1.29 is 8.78 Å². The predicted molar refractivity (Wildman–Crippen MR) is 70.0 cm³/mol. The summed E-state index contributed by atoms with van der Waals surface area (Å²) >= 11 is 0. The van der Waals surface area contributed by atoms with E-state index in [0.717, 1.165) is 6.07 Å². The van der Waals surface area contributed by atoms with Crippen LogP contribution in [0.1, 0.15) is 24.1 Å². The molecular formula is C14H12F2N4. The van der Waals surface area contributed by atoms with Crippen molar-refractivity contribution in [1.29, 1.82) is 5.26 Å². The third-order valence-corrected chi connectivity index (χ3v) is 2.89. The van der Waals surface area contributed by atoms with E-state index in [1.807, 2.05) is 13.0 Å². The van der Waals surface area contributed by atoms with Crippen LogP contribution < -0.4 is 5.32 Å². The number of rotatable bonds is 4. The second kappa shape index (κ2) is 6.06. The van der Waals surface area contributed by atoms with Crippen LogP contribution in [-0.2, 0) is 0 Å². The average molecular weight is 274 g/mol. The van der Waals surface area contributed by atoms with E-state index in [-0.39, 0.29) is 11.6 Å². The lowest BCUT2D eigenvalue weighted by atomic mass is 10.0. The van der Waals surface area contributed by atoms with E-state index >= 15 is 0 Å². The zero-order valence-electron chi connectivity index (χ0n) is 10.8. The molecule has 0 unspecified atom stereocenters. The van der Waals surface area contributed by atoms with Crippen molar-refractivity contribution in [2.45, 2.75) is 12.8 Å². The van der Waals surface area contributed by atoms with Crippen molar-refractivity contribution in [3.8, 4) is 6.07 Å². The molecule has 0 aliphatic heterocycles. The van der Waals surface area contributed by atoms with Gasteiger partial charge in [0.05, 0.1) is 0 Å². The van der Waals surface area contributed by atoms with Crippen LogP contribution in [-0.4, -0.2) is 16.5 Å². The van der Waals surface area contributed by atoms with Gasteiger partial charge in [0.2, 0.25) is 0 Å². The number of halogens is 2. The number of aromatic nitrogens is 2. The molecule has 6 heteroatoms. The van der Waals surface area contributed by atoms with Gasteiger partial charge in [0.15, 0.2) is 23.1 Å². The topological polar surface area (TPSA) is 61.6 Å². The number of hydrogen-bond acceptors (Lipinski definition) is 4. The largest absolute Gasteiger partial charge is 0.367 e. The summed E-state index contributed by atoms with van der Waals surface area (Å²) in [6.45, 7) is 2.29. The van der Waals surface area contributed by atoms with E-state index < -0.39 is 11.6 Å². The van der Waals surface area contributed by atoms with Gasteiger partial charge in [-0.15, -0.1) is 0 Å². The maximum atomic E-state index is 13.2. The molecule has 0 aliphatic carbocycles. The highest BCUT2D eigenvalue weighted by Gasteiger charge is 2.11. The molecule has 1 heterocycles. The number of nitrogens with one attached hydrogen (secondary N) is 1. The van der Waals surface area contributed by atoms with Gasteiger partial charge in [0.1, 0.15) is 6.07 Å². The van der Waals surface area contributed by atoms with Crippen molar-refractivity contribution in [2.24, 2.45) is 0 Å². The summed E-state index contributed by atoms with van der Waals surface area (Å²) in [7, 11) is 0. The summed E-state index contributed by atoms with van der Waals surface area (Å²) in [6.07, 6.45) is 2.91. The number of benzene rings is 1. The molecule has 1 N–H and O–H groups in total. The normalized spacial score (nSPS) is 11.7. The molecule has 20 heavy (non-hydrogen) atoms. The monoisotopic (exact) mass is 274 g/mol. The molecule has 0 radical (unpaired) electrons. The number of anilines is 1. The van der Waals surface area contributed by atoms with Gasteiger partial charge in [-0.25, -0.2) is 18.7 Å². The summed E-state index contributed by atoms with van der Waals surface area (Å²) in [5.74, 6) is -1.43. The lowest BCUT2D eigenvalue weighted by Gasteiger charge is -2.14. The second-order valence-corrected chi connectivity index (χ2v) is 4.32. The van der Waals surface area contributed by atoms with Gasteiger partial charge in [-0.1, -0.05) is 13.0 Å². The highest BCUT2D eigenvalue weighted by atomic mass is 19.2. The summed E-state index contributed by atoms with van der Waals surface area (Å²) in [5, 5.41) is 11.9. The molecule has 4 nitrogen and oxygen atoms in total. The molecule has 102 valence electrons. The van der Waals surface area contributed by atoms with Gasteiger partial charge in [-0.3, -0.25) is 0 Å². The standard InChI is InChI=1S/C14H12F2N4/c1-9(10-2-3-11(15)12(16)6-10)8-20-14-13(7-17)18-4-5-19-14/h2-6,9H,8H2,1H3,(H,19,20)/t9-/m0/s1. The van der Waals surface area contributed by atoms with Crippen LogP contribution in [0, 0.1) is 23.0 Å². The molecule has 2 aromatic rings. The van der Waals surface area contributed by atoms with Gasteiger partial charge in [-0.05, 0) is 23.6 Å². The fraction of sp³-hybridized carbons (Fsp3) is 0.214. The van der Waals surface area contributed by atoms with Crippen molar-refractivity contribution >= 4 is 5.82 Å². The first-order chi connectivity index (χ1) is 9.61. The maximum Gasteiger partial charge on any atom is 0.182 e. The van der Waals surface area contributed by atoms with Crippen LogP contribution in [0.2, 0.25) is 0 Å². The Bertz CT molecular complexity index is 652. The number of nitrogens with zero attached hydrogens (tertiary/aromatic N) is 3. The van der Waals surface area contributed by atoms with Crippen LogP contribution in [0.15, 0.2) is 30.6 Å². The quantitative estimate of drug-likeness (QED) is 0.931. The Morgan fingerprint density at radius 1 is 1.25 bits per heavy atom. The molecular weight excluding hydrogens is 262 g/mol. The minimum atomic E-state index is -0.869. The van der Waals surface area contributed by atoms with Gasteiger partial charge < -0.3 is 5.32 Å². The Morgan fingerprint density at radius 3 is 2.70 bits per heavy atom. The van der Waals surface area contributed by atoms with Crippen LogP contribution in [0.5, 0.6) is 0 Å². The van der Waals surface area contributed by atoms with Crippen LogP contribution in [0.25, 0.3) is 0 Å². The molecule has 2 rings (SSSR count). The van der Waals surface area contributed by atoms with Gasteiger partial charge in [0, 0.05) is 18.9 Å². The molecule has 1 aromatic heterocycles. The van der Waals surface area contributed by atoms with Crippen molar-refractivity contribution in [3.63, 3.8) is 0 Å². The smallest absolute Gasteiger partial charge is 0.182 e. The average Bonchev–Trinajstić information content (AvgIpc) is 2.47. The minimum absolute atomic E-state index is 0.0707. The van der Waals surface area contributed by atoms with Crippen molar-refractivity contribution in [1.82, 2.24) is 9.97 Å². The van der Waals surface area contributed by atoms with E-state index in [1.54, 1.807) is 0 Å². The van der Waals surface area contributed by atoms with E-state index in [1.165, 1.54) is 24.5 Å². The molecule has 0 fully saturated rings. The highest BCUT2D eigenvalue weighted by molar-refractivity contribution is 5.47. The van der Waals surface area contributed by atoms with Crippen molar-refractivity contribution in [2.75, 3.05) is 11.9 Å². The van der Waals surface area contributed by atoms with Gasteiger partial charge in [-0.2, -0.15) is 5.26 Å². The molecule has 0 aliphatic rings. The van der Waals surface area contributed by atoms with Gasteiger partial charge >= 0.3 is 0 Å². The summed E-state index contributed by atoms with van der Waals surface area (Å²) in [5.41, 5.74) is 0.865. The predicted octanol–water partition coefficient (Wildman–Crippen LogP) is 2.84. The Labute approximate surface area is 115 Å². The summed E-state index contributed by atoms with van der Waals surface area (Å²) in [4.78, 5) is 7.89. The molecule has 0 amide bonds. The first-order valence-electron chi connectivity index (χ1n) is 6.01. The zero-order chi connectivity index (χ0) is 14.5. The maximum absolute atomic E-state index is 13.2. The number of nitriles is 1. The second-order valence-electron chi connectivity index (χ2n) is 4.32. The zero-order valence-corrected chi connectivity index (χ0v) is 10.8. The highest BCUT2D eigenvalue weighted by Crippen LogP contribution is 2.19. The van der Waals surface area contributed by atoms with Crippen LogP contribution >= 0.6 is 0 Å². The fourth-order valence-electron chi connectivity index (χ4n) is 1.74. The summed E-state index contributed by atoms with van der Waals surface area (Å²) in [6, 6.07) is 5.74. The SMILES string of the molecule is C[C@@H](CNc1nccnc1C#N)c1ccc(F)c(F)c1. The van der Waals surface area contributed by atoms with Crippen molar-refractivity contribution in [3.05, 3.63) is 53.5 Å². The molecule has 0 saturated heterocycles. The van der Waals surface area contributed by atoms with E-state index in [2.05, 4.69) is 15.3 Å². The van der Waals surface area contributed by atoms with E-state index in [0.29, 0.717) is 17.9 Å². The third kappa shape index (κ3) is 3.06. The Balaban J connectivity index is 2.07. The lowest BCUT2D eigenvalue weighted by molar-refractivity contribution is 0.506. The molecule has 0 spiro atoms. The van der Waals surface area contributed by atoms with E-state index in [4.69, 9.17) is 5.26 Å². The van der Waals surface area contributed by atoms with E-state index in [9.17, 15) is 8.78 Å². The first-order valence-corrected chi connectivity index (χ1v) is 6.01. The molecule has 0 saturated carbocycles. The van der Waals surface area contributed by atoms with Crippen LogP contribution in [0.3, 0.4) is 0 Å². The molecule has 1 atom stereocenters.